The van der Waals surface area contributed by atoms with Crippen molar-refractivity contribution in [2.24, 2.45) is 5.73 Å². The van der Waals surface area contributed by atoms with Gasteiger partial charge in [-0.05, 0) is 22.9 Å². The van der Waals surface area contributed by atoms with Crippen LogP contribution in [0.15, 0.2) is 10.7 Å². The first-order chi connectivity index (χ1) is 10.9. The number of fused-ring (bicyclic) bond motifs is 1. The monoisotopic (exact) mass is 378 g/mol. The Balaban J connectivity index is 1.85. The molecule has 3 rings (SSSR count). The van der Waals surface area contributed by atoms with Crippen LogP contribution in [0.4, 0.5) is 10.7 Å². The van der Waals surface area contributed by atoms with Crippen molar-refractivity contribution in [3.63, 3.8) is 0 Å². The summed E-state index contributed by atoms with van der Waals surface area (Å²) in [5.41, 5.74) is 5.47. The number of carbonyl (C=O) groups is 1. The number of piperidine rings is 1. The lowest BCUT2D eigenvalue weighted by Crippen LogP contribution is -2.46. The minimum Gasteiger partial charge on any atom is -0.443 e. The van der Waals surface area contributed by atoms with Crippen LogP contribution in [0.2, 0.25) is 0 Å². The first kappa shape index (κ1) is 15.6. The van der Waals surface area contributed by atoms with Crippen LogP contribution in [0.1, 0.15) is 25.5 Å². The van der Waals surface area contributed by atoms with Gasteiger partial charge in [-0.15, -0.1) is 0 Å². The molecule has 0 bridgehead atoms. The van der Waals surface area contributed by atoms with Gasteiger partial charge in [-0.2, -0.15) is 10.2 Å². The summed E-state index contributed by atoms with van der Waals surface area (Å²) in [5.74, 6) is 0.490. The van der Waals surface area contributed by atoms with Gasteiger partial charge in [0.15, 0.2) is 5.69 Å². The quantitative estimate of drug-likeness (QED) is 0.824. The van der Waals surface area contributed by atoms with Gasteiger partial charge in [0.05, 0.1) is 5.39 Å². The highest BCUT2D eigenvalue weighted by atomic mass is 79.9. The molecule has 3 heterocycles. The molecule has 0 radical (unpaired) electrons. The number of rotatable bonds is 2. The van der Waals surface area contributed by atoms with Crippen LogP contribution in [-0.2, 0) is 4.74 Å². The molecule has 2 aromatic rings. The number of H-pyrrole nitrogens is 1. The standard InChI is InChI=1S/C14H15BrN6O2/c1-14(23-12(17)22)2-4-21(5-3-14)13-19-9(6-16)10-8(15)7-18-11(10)20-13/h7H,2-5H2,1H3,(H2,17,22)(H,18,19,20). The average molecular weight is 379 g/mol. The van der Waals surface area contributed by atoms with Gasteiger partial charge in [-0.25, -0.2) is 9.78 Å². The summed E-state index contributed by atoms with van der Waals surface area (Å²) in [5, 5.41) is 9.99. The van der Waals surface area contributed by atoms with E-state index in [2.05, 4.69) is 37.0 Å². The molecule has 1 saturated heterocycles. The number of carbonyl (C=O) groups excluding carboxylic acids is 1. The summed E-state index contributed by atoms with van der Waals surface area (Å²) >= 11 is 3.38. The predicted molar refractivity (Wildman–Crippen MR) is 86.8 cm³/mol. The maximum Gasteiger partial charge on any atom is 0.405 e. The Hall–Kier alpha value is -2.34. The van der Waals surface area contributed by atoms with Gasteiger partial charge in [0.1, 0.15) is 17.3 Å². The van der Waals surface area contributed by atoms with Crippen molar-refractivity contribution in [3.05, 3.63) is 16.4 Å². The molecule has 2 aromatic heterocycles. The van der Waals surface area contributed by atoms with Crippen molar-refractivity contribution in [2.45, 2.75) is 25.4 Å². The summed E-state index contributed by atoms with van der Waals surface area (Å²) in [6.07, 6.45) is 2.21. The number of halogens is 1. The van der Waals surface area contributed by atoms with E-state index in [0.717, 1.165) is 4.47 Å². The van der Waals surface area contributed by atoms with Crippen LogP contribution in [0.3, 0.4) is 0 Å². The Bertz CT molecular complexity index is 803. The van der Waals surface area contributed by atoms with E-state index in [0.29, 0.717) is 48.6 Å². The average Bonchev–Trinajstić information content (AvgIpc) is 2.87. The summed E-state index contributed by atoms with van der Waals surface area (Å²) < 4.78 is 5.95. The third-order valence-corrected chi connectivity index (χ3v) is 4.65. The maximum absolute atomic E-state index is 11.0. The molecule has 1 aliphatic heterocycles. The molecule has 8 nitrogen and oxygen atoms in total. The number of aromatic nitrogens is 3. The highest BCUT2D eigenvalue weighted by Crippen LogP contribution is 2.30. The SMILES string of the molecule is CC1(OC(N)=O)CCN(c2nc(C#N)c3c(Br)c[nH]c3n2)CC1. The molecule has 3 N–H and O–H groups in total. The van der Waals surface area contributed by atoms with E-state index in [-0.39, 0.29) is 0 Å². The molecule has 0 aliphatic carbocycles. The van der Waals surface area contributed by atoms with E-state index in [9.17, 15) is 10.1 Å². The number of ether oxygens (including phenoxy) is 1. The Morgan fingerprint density at radius 2 is 2.22 bits per heavy atom. The van der Waals surface area contributed by atoms with Crippen molar-refractivity contribution in [1.29, 1.82) is 5.26 Å². The van der Waals surface area contributed by atoms with Gasteiger partial charge in [0.2, 0.25) is 5.95 Å². The van der Waals surface area contributed by atoms with Gasteiger partial charge in [0, 0.05) is 36.6 Å². The predicted octanol–water partition coefficient (Wildman–Crippen LogP) is 2.05. The van der Waals surface area contributed by atoms with Crippen molar-refractivity contribution in [3.8, 4) is 6.07 Å². The highest BCUT2D eigenvalue weighted by molar-refractivity contribution is 9.10. The number of nitriles is 1. The fourth-order valence-corrected chi connectivity index (χ4v) is 3.22. The topological polar surface area (TPSA) is 121 Å². The molecule has 0 saturated carbocycles. The van der Waals surface area contributed by atoms with Crippen LogP contribution >= 0.6 is 15.9 Å². The number of nitrogens with one attached hydrogen (secondary N) is 1. The molecule has 1 aliphatic rings. The fourth-order valence-electron chi connectivity index (χ4n) is 2.73. The Morgan fingerprint density at radius 3 is 2.83 bits per heavy atom. The minimum absolute atomic E-state index is 0.319. The second kappa shape index (κ2) is 5.70. The van der Waals surface area contributed by atoms with Gasteiger partial charge < -0.3 is 20.4 Å². The number of hydrogen-bond donors (Lipinski definition) is 2. The van der Waals surface area contributed by atoms with Crippen molar-refractivity contribution < 1.29 is 9.53 Å². The third-order valence-electron chi connectivity index (χ3n) is 4.03. The molecule has 0 spiro atoms. The van der Waals surface area contributed by atoms with E-state index < -0.39 is 11.7 Å². The summed E-state index contributed by atoms with van der Waals surface area (Å²) in [6.45, 7) is 3.09. The van der Waals surface area contributed by atoms with Gasteiger partial charge >= 0.3 is 6.09 Å². The summed E-state index contributed by atoms with van der Waals surface area (Å²) in [7, 11) is 0. The van der Waals surface area contributed by atoms with E-state index in [1.807, 2.05) is 11.8 Å². The summed E-state index contributed by atoms with van der Waals surface area (Å²) in [4.78, 5) is 24.8. The van der Waals surface area contributed by atoms with Crippen molar-refractivity contribution in [1.82, 2.24) is 15.0 Å². The Kier molecular flexibility index (Phi) is 3.85. The highest BCUT2D eigenvalue weighted by Gasteiger charge is 2.34. The van der Waals surface area contributed by atoms with E-state index >= 15 is 0 Å². The molecule has 1 fully saturated rings. The second-order valence-corrected chi connectivity index (χ2v) is 6.56. The lowest BCUT2D eigenvalue weighted by atomic mass is 9.93. The van der Waals surface area contributed by atoms with Crippen LogP contribution in [0.5, 0.6) is 0 Å². The third kappa shape index (κ3) is 2.94. The molecular weight excluding hydrogens is 364 g/mol. The largest absolute Gasteiger partial charge is 0.443 e. The smallest absolute Gasteiger partial charge is 0.405 e. The van der Waals surface area contributed by atoms with Gasteiger partial charge in [-0.3, -0.25) is 0 Å². The normalized spacial score (nSPS) is 17.0. The molecule has 0 aromatic carbocycles. The first-order valence-corrected chi connectivity index (χ1v) is 7.89. The van der Waals surface area contributed by atoms with E-state index in [1.165, 1.54) is 0 Å². The van der Waals surface area contributed by atoms with Crippen LogP contribution in [0.25, 0.3) is 11.0 Å². The lowest BCUT2D eigenvalue weighted by molar-refractivity contribution is 0.0125. The molecule has 1 amide bonds. The molecule has 0 atom stereocenters. The molecular formula is C14H15BrN6O2. The van der Waals surface area contributed by atoms with Crippen LogP contribution < -0.4 is 10.6 Å². The number of amides is 1. The zero-order valence-corrected chi connectivity index (χ0v) is 14.1. The van der Waals surface area contributed by atoms with E-state index in [1.54, 1.807) is 6.20 Å². The van der Waals surface area contributed by atoms with Crippen molar-refractivity contribution in [2.75, 3.05) is 18.0 Å². The van der Waals surface area contributed by atoms with Crippen molar-refractivity contribution >= 4 is 39.0 Å². The number of nitrogens with zero attached hydrogens (tertiary/aromatic N) is 4. The van der Waals surface area contributed by atoms with Crippen LogP contribution in [0, 0.1) is 11.3 Å². The molecule has 9 heteroatoms. The number of nitrogens with two attached hydrogens (primary N) is 1. The zero-order chi connectivity index (χ0) is 16.6. The number of primary amides is 1. The molecule has 120 valence electrons. The van der Waals surface area contributed by atoms with Gasteiger partial charge in [0.25, 0.3) is 0 Å². The Morgan fingerprint density at radius 1 is 1.52 bits per heavy atom. The number of hydrogen-bond acceptors (Lipinski definition) is 6. The molecule has 23 heavy (non-hydrogen) atoms. The first-order valence-electron chi connectivity index (χ1n) is 7.10. The zero-order valence-electron chi connectivity index (χ0n) is 12.5. The molecule has 0 unspecified atom stereocenters. The fraction of sp³-hybridized carbons (Fsp3) is 0.429. The lowest BCUT2D eigenvalue weighted by Gasteiger charge is -2.38. The summed E-state index contributed by atoms with van der Waals surface area (Å²) in [6, 6.07) is 2.11. The van der Waals surface area contributed by atoms with Gasteiger partial charge in [-0.1, -0.05) is 0 Å². The number of aromatic amines is 1. The van der Waals surface area contributed by atoms with Crippen LogP contribution in [-0.4, -0.2) is 39.7 Å². The minimum atomic E-state index is -0.762. The number of anilines is 1. The second-order valence-electron chi connectivity index (χ2n) is 5.70. The van der Waals surface area contributed by atoms with E-state index in [4.69, 9.17) is 10.5 Å². The maximum atomic E-state index is 11.0. The Labute approximate surface area is 140 Å².